The Balaban J connectivity index is 1.93. The van der Waals surface area contributed by atoms with Gasteiger partial charge in [-0.25, -0.2) is 9.97 Å². The van der Waals surface area contributed by atoms with Crippen LogP contribution in [-0.4, -0.2) is 33.5 Å². The van der Waals surface area contributed by atoms with E-state index >= 15 is 0 Å². The van der Waals surface area contributed by atoms with Crippen molar-refractivity contribution in [1.29, 1.82) is 0 Å². The van der Waals surface area contributed by atoms with Crippen molar-refractivity contribution in [2.75, 3.05) is 23.4 Å². The summed E-state index contributed by atoms with van der Waals surface area (Å²) in [7, 11) is 2.02. The van der Waals surface area contributed by atoms with Crippen LogP contribution in [0.3, 0.4) is 0 Å². The van der Waals surface area contributed by atoms with Gasteiger partial charge in [0.25, 0.3) is 0 Å². The molecule has 6 heteroatoms. The molecule has 136 valence electrons. The highest BCUT2D eigenvalue weighted by Crippen LogP contribution is 2.41. The molecular weight excluding hydrogens is 336 g/mol. The van der Waals surface area contributed by atoms with Crippen LogP contribution in [0.15, 0.2) is 73.3 Å². The van der Waals surface area contributed by atoms with Crippen LogP contribution in [0.5, 0.6) is 0 Å². The highest BCUT2D eigenvalue weighted by Gasteiger charge is 2.20. The van der Waals surface area contributed by atoms with Crippen molar-refractivity contribution in [1.82, 2.24) is 19.9 Å². The zero-order chi connectivity index (χ0) is 18.6. The smallest absolute Gasteiger partial charge is 0.207 e. The fraction of sp³-hybridized carbons (Fsp3) is 0.143. The summed E-state index contributed by atoms with van der Waals surface area (Å²) in [6.07, 6.45) is 7.22. The summed E-state index contributed by atoms with van der Waals surface area (Å²) in [5.41, 5.74) is 4.44. The maximum absolute atomic E-state index is 4.46. The average molecular weight is 358 g/mol. The Morgan fingerprint density at radius 3 is 2.11 bits per heavy atom. The predicted octanol–water partition coefficient (Wildman–Crippen LogP) is 4.73. The number of aromatic amines is 2. The number of hydrogen-bond donors (Lipinski definition) is 2. The first kappa shape index (κ1) is 16.9. The summed E-state index contributed by atoms with van der Waals surface area (Å²) < 4.78 is 0. The molecule has 0 aliphatic rings. The summed E-state index contributed by atoms with van der Waals surface area (Å²) in [6.45, 7) is 2.92. The lowest BCUT2D eigenvalue weighted by atomic mass is 10.00. The summed E-state index contributed by atoms with van der Waals surface area (Å²) >= 11 is 0. The Labute approximate surface area is 158 Å². The number of nitrogens with zero attached hydrogens (tertiary/aromatic N) is 4. The van der Waals surface area contributed by atoms with Crippen molar-refractivity contribution in [3.05, 3.63) is 73.3 Å². The molecule has 0 saturated carbocycles. The first-order chi connectivity index (χ1) is 13.3. The molecule has 2 N–H and O–H groups in total. The van der Waals surface area contributed by atoms with Gasteiger partial charge in [0.05, 0.1) is 11.4 Å². The van der Waals surface area contributed by atoms with Crippen molar-refractivity contribution < 1.29 is 0 Å². The van der Waals surface area contributed by atoms with E-state index in [-0.39, 0.29) is 0 Å². The quantitative estimate of drug-likeness (QED) is 0.523. The van der Waals surface area contributed by atoms with Crippen molar-refractivity contribution in [2.45, 2.75) is 6.92 Å². The highest BCUT2D eigenvalue weighted by atomic mass is 15.3. The molecule has 2 heterocycles. The van der Waals surface area contributed by atoms with Crippen LogP contribution in [0.1, 0.15) is 6.92 Å². The van der Waals surface area contributed by atoms with Crippen molar-refractivity contribution >= 4 is 23.3 Å². The number of anilines is 4. The molecule has 0 aliphatic carbocycles. The monoisotopic (exact) mass is 358 g/mol. The second kappa shape index (κ2) is 7.37. The van der Waals surface area contributed by atoms with Crippen LogP contribution in [0.25, 0.3) is 11.1 Å². The van der Waals surface area contributed by atoms with Crippen LogP contribution >= 0.6 is 0 Å². The van der Waals surface area contributed by atoms with E-state index in [4.69, 9.17) is 0 Å². The highest BCUT2D eigenvalue weighted by molar-refractivity contribution is 5.92. The molecule has 0 aliphatic heterocycles. The van der Waals surface area contributed by atoms with Crippen LogP contribution in [0.2, 0.25) is 0 Å². The third-order valence-corrected chi connectivity index (χ3v) is 4.59. The van der Waals surface area contributed by atoms with Crippen LogP contribution < -0.4 is 9.80 Å². The minimum Gasteiger partial charge on any atom is -0.331 e. The number of hydrogen-bond acceptors (Lipinski definition) is 4. The van der Waals surface area contributed by atoms with E-state index in [0.29, 0.717) is 0 Å². The lowest BCUT2D eigenvalue weighted by Crippen LogP contribution is -2.20. The zero-order valence-electron chi connectivity index (χ0n) is 15.4. The third kappa shape index (κ3) is 3.17. The second-order valence-corrected chi connectivity index (χ2v) is 6.17. The maximum Gasteiger partial charge on any atom is 0.207 e. The Morgan fingerprint density at radius 2 is 1.48 bits per heavy atom. The number of nitrogens with one attached hydrogen (secondary N) is 2. The number of H-pyrrole nitrogens is 2. The van der Waals surface area contributed by atoms with Gasteiger partial charge in [-0.3, -0.25) is 0 Å². The lowest BCUT2D eigenvalue weighted by molar-refractivity contribution is 0.969. The van der Waals surface area contributed by atoms with Gasteiger partial charge in [0.1, 0.15) is 0 Å². The zero-order valence-corrected chi connectivity index (χ0v) is 15.4. The second-order valence-electron chi connectivity index (χ2n) is 6.17. The topological polar surface area (TPSA) is 63.8 Å². The van der Waals surface area contributed by atoms with Crippen LogP contribution in [-0.2, 0) is 0 Å². The van der Waals surface area contributed by atoms with E-state index in [1.54, 1.807) is 12.4 Å². The van der Waals surface area contributed by atoms with Gasteiger partial charge in [0.2, 0.25) is 11.9 Å². The fourth-order valence-corrected chi connectivity index (χ4v) is 3.33. The van der Waals surface area contributed by atoms with Gasteiger partial charge < -0.3 is 19.8 Å². The molecule has 0 fully saturated rings. The molecule has 2 aromatic heterocycles. The Kier molecular flexibility index (Phi) is 4.61. The number of imidazole rings is 2. The molecule has 0 saturated heterocycles. The number of rotatable bonds is 6. The van der Waals surface area contributed by atoms with Gasteiger partial charge >= 0.3 is 0 Å². The molecule has 0 bridgehead atoms. The SMILES string of the molecule is CCN(c1ncc[nH]1)c1cccc(N(C)c2ncc[nH]2)c1-c1ccccc1. The van der Waals surface area contributed by atoms with E-state index in [1.807, 2.05) is 25.5 Å². The van der Waals surface area contributed by atoms with Crippen molar-refractivity contribution in [3.8, 4) is 11.1 Å². The molecular formula is C21H22N6. The van der Waals surface area contributed by atoms with Gasteiger partial charge in [-0.1, -0.05) is 36.4 Å². The summed E-state index contributed by atoms with van der Waals surface area (Å²) in [5.74, 6) is 1.62. The van der Waals surface area contributed by atoms with Crippen LogP contribution in [0.4, 0.5) is 23.3 Å². The predicted molar refractivity (Wildman–Crippen MR) is 110 cm³/mol. The first-order valence-electron chi connectivity index (χ1n) is 8.98. The van der Waals surface area contributed by atoms with Gasteiger partial charge in [-0.05, 0) is 24.6 Å². The van der Waals surface area contributed by atoms with Gasteiger partial charge in [0.15, 0.2) is 0 Å². The summed E-state index contributed by atoms with van der Waals surface area (Å²) in [6, 6.07) is 16.7. The maximum atomic E-state index is 4.46. The van der Waals surface area contributed by atoms with E-state index < -0.39 is 0 Å². The molecule has 0 amide bonds. The molecule has 6 nitrogen and oxygen atoms in total. The van der Waals surface area contributed by atoms with Gasteiger partial charge in [0, 0.05) is 43.9 Å². The molecule has 0 radical (unpaired) electrons. The van der Waals surface area contributed by atoms with Crippen LogP contribution in [0, 0.1) is 0 Å². The molecule has 0 spiro atoms. The minimum atomic E-state index is 0.793. The van der Waals surface area contributed by atoms with Gasteiger partial charge in [-0.15, -0.1) is 0 Å². The molecule has 27 heavy (non-hydrogen) atoms. The average Bonchev–Trinajstić information content (AvgIpc) is 3.43. The van der Waals surface area contributed by atoms with E-state index in [9.17, 15) is 0 Å². The van der Waals surface area contributed by atoms with Crippen molar-refractivity contribution in [3.63, 3.8) is 0 Å². The Morgan fingerprint density at radius 1 is 0.815 bits per heavy atom. The third-order valence-electron chi connectivity index (χ3n) is 4.59. The normalized spacial score (nSPS) is 10.7. The van der Waals surface area contributed by atoms with E-state index in [2.05, 4.69) is 79.1 Å². The first-order valence-corrected chi connectivity index (χ1v) is 8.98. The molecule has 0 unspecified atom stereocenters. The Hall–Kier alpha value is -3.54. The van der Waals surface area contributed by atoms with Gasteiger partial charge in [-0.2, -0.15) is 0 Å². The number of benzene rings is 2. The molecule has 0 atom stereocenters. The largest absolute Gasteiger partial charge is 0.331 e. The molecule has 2 aromatic carbocycles. The summed E-state index contributed by atoms with van der Waals surface area (Å²) in [5, 5.41) is 0. The Bertz CT molecular complexity index is 977. The lowest BCUT2D eigenvalue weighted by Gasteiger charge is -2.28. The number of aromatic nitrogens is 4. The fourth-order valence-electron chi connectivity index (χ4n) is 3.33. The molecule has 4 aromatic rings. The van der Waals surface area contributed by atoms with E-state index in [0.717, 1.165) is 40.9 Å². The standard InChI is InChI=1S/C21H22N6/c1-3-27(21-24-14-15-25-21)18-11-7-10-17(26(2)20-22-12-13-23-20)19(18)16-8-5-4-6-9-16/h4-15H,3H2,1-2H3,(H,22,23)(H,24,25). The summed E-state index contributed by atoms with van der Waals surface area (Å²) in [4.78, 5) is 19.5. The van der Waals surface area contributed by atoms with Crippen molar-refractivity contribution in [2.24, 2.45) is 0 Å². The van der Waals surface area contributed by atoms with E-state index in [1.165, 1.54) is 0 Å². The minimum absolute atomic E-state index is 0.793. The molecule has 4 rings (SSSR count).